The number of carboxylic acid groups (broad SMARTS) is 1. The second kappa shape index (κ2) is 8.80. The summed E-state index contributed by atoms with van der Waals surface area (Å²) < 4.78 is 8.26. The molecule has 0 bridgehead atoms. The Bertz CT molecular complexity index is 1230. The summed E-state index contributed by atoms with van der Waals surface area (Å²) in [4.78, 5) is 16.6. The summed E-state index contributed by atoms with van der Waals surface area (Å²) in [5.41, 5.74) is 2.97. The summed E-state index contributed by atoms with van der Waals surface area (Å²) in [5.74, 6) is 0.617. The molecule has 3 aromatic carbocycles. The van der Waals surface area contributed by atoms with E-state index in [2.05, 4.69) is 16.9 Å². The number of aromatic nitrogens is 1. The van der Waals surface area contributed by atoms with Gasteiger partial charge in [-0.1, -0.05) is 30.3 Å². The molecule has 4 rings (SSSR count). The minimum atomic E-state index is -0.946. The maximum absolute atomic E-state index is 11.0. The van der Waals surface area contributed by atoms with Crippen LogP contribution in [0.15, 0.2) is 89.2 Å². The van der Waals surface area contributed by atoms with Crippen molar-refractivity contribution in [3.8, 4) is 22.8 Å². The van der Waals surface area contributed by atoms with E-state index in [-0.39, 0.29) is 5.56 Å². The first kappa shape index (κ1) is 19.7. The summed E-state index contributed by atoms with van der Waals surface area (Å²) in [5, 5.41) is 11.1. The van der Waals surface area contributed by atoms with Crippen molar-refractivity contribution in [3.63, 3.8) is 0 Å². The number of aromatic carboxylic acids is 1. The van der Waals surface area contributed by atoms with Crippen molar-refractivity contribution in [1.82, 2.24) is 4.57 Å². The molecule has 0 aliphatic heterocycles. The largest absolute Gasteiger partial charge is 0.478 e. The average Bonchev–Trinajstić information content (AvgIpc) is 3.17. The van der Waals surface area contributed by atoms with Crippen LogP contribution in [-0.4, -0.2) is 15.6 Å². The van der Waals surface area contributed by atoms with Crippen molar-refractivity contribution >= 4 is 23.0 Å². The normalized spacial score (nSPS) is 11.4. The fourth-order valence-electron chi connectivity index (χ4n) is 3.11. The standard InChI is InChI=1S/C24H20N2O3S/c1-2-26-21(16-30-24(26)25-18-14-12-17(13-15-18)23(27)28)20-10-6-7-11-22(20)29-19-8-4-3-5-9-19/h3-16H,2H2,1H3,(H,27,28). The lowest BCUT2D eigenvalue weighted by molar-refractivity contribution is 0.0697. The van der Waals surface area contributed by atoms with E-state index in [0.29, 0.717) is 5.69 Å². The van der Waals surface area contributed by atoms with Gasteiger partial charge in [-0.15, -0.1) is 11.3 Å². The lowest BCUT2D eigenvalue weighted by Gasteiger charge is -2.12. The number of ether oxygens (including phenoxy) is 1. The molecule has 0 radical (unpaired) electrons. The molecule has 30 heavy (non-hydrogen) atoms. The topological polar surface area (TPSA) is 63.8 Å². The molecule has 0 fully saturated rings. The highest BCUT2D eigenvalue weighted by Gasteiger charge is 2.13. The minimum Gasteiger partial charge on any atom is -0.478 e. The Labute approximate surface area is 178 Å². The second-order valence-corrected chi connectivity index (χ2v) is 7.36. The van der Waals surface area contributed by atoms with Crippen LogP contribution in [0.4, 0.5) is 5.69 Å². The Balaban J connectivity index is 1.74. The van der Waals surface area contributed by atoms with Gasteiger partial charge in [0.1, 0.15) is 11.5 Å². The van der Waals surface area contributed by atoms with Crippen LogP contribution in [0.25, 0.3) is 11.3 Å². The molecular formula is C24H20N2O3S. The van der Waals surface area contributed by atoms with Crippen molar-refractivity contribution in [1.29, 1.82) is 0 Å². The molecule has 4 aromatic rings. The number of hydrogen-bond donors (Lipinski definition) is 1. The first-order chi connectivity index (χ1) is 14.7. The van der Waals surface area contributed by atoms with E-state index in [1.165, 1.54) is 0 Å². The number of carbonyl (C=O) groups is 1. The molecule has 0 unspecified atom stereocenters. The van der Waals surface area contributed by atoms with Crippen molar-refractivity contribution < 1.29 is 14.6 Å². The van der Waals surface area contributed by atoms with Crippen molar-refractivity contribution in [2.45, 2.75) is 13.5 Å². The van der Waals surface area contributed by atoms with Gasteiger partial charge in [-0.05, 0) is 55.5 Å². The van der Waals surface area contributed by atoms with Crippen LogP contribution >= 0.6 is 11.3 Å². The molecule has 6 heteroatoms. The van der Waals surface area contributed by atoms with Crippen molar-refractivity contribution in [2.24, 2.45) is 4.99 Å². The molecule has 5 nitrogen and oxygen atoms in total. The number of para-hydroxylation sites is 2. The molecule has 1 heterocycles. The maximum Gasteiger partial charge on any atom is 0.335 e. The van der Waals surface area contributed by atoms with Crippen LogP contribution in [0.3, 0.4) is 0 Å². The van der Waals surface area contributed by atoms with Gasteiger partial charge < -0.3 is 14.4 Å². The number of rotatable bonds is 6. The zero-order valence-corrected chi connectivity index (χ0v) is 17.2. The Kier molecular flexibility index (Phi) is 5.77. The van der Waals surface area contributed by atoms with Gasteiger partial charge in [0.2, 0.25) is 0 Å². The molecule has 0 aliphatic carbocycles. The van der Waals surface area contributed by atoms with E-state index < -0.39 is 5.97 Å². The van der Waals surface area contributed by atoms with E-state index in [1.54, 1.807) is 35.6 Å². The predicted molar refractivity (Wildman–Crippen MR) is 119 cm³/mol. The van der Waals surface area contributed by atoms with E-state index in [1.807, 2.05) is 54.6 Å². The van der Waals surface area contributed by atoms with Crippen molar-refractivity contribution in [2.75, 3.05) is 0 Å². The van der Waals surface area contributed by atoms with Gasteiger partial charge in [-0.2, -0.15) is 0 Å². The summed E-state index contributed by atoms with van der Waals surface area (Å²) in [6, 6.07) is 24.2. The summed E-state index contributed by atoms with van der Waals surface area (Å²) in [7, 11) is 0. The maximum atomic E-state index is 11.0. The third-order valence-corrected chi connectivity index (χ3v) is 5.45. The highest BCUT2D eigenvalue weighted by molar-refractivity contribution is 7.07. The zero-order chi connectivity index (χ0) is 20.9. The fraction of sp³-hybridized carbons (Fsp3) is 0.0833. The lowest BCUT2D eigenvalue weighted by Crippen LogP contribution is -2.14. The quantitative estimate of drug-likeness (QED) is 0.422. The molecule has 0 saturated carbocycles. The van der Waals surface area contributed by atoms with Gasteiger partial charge in [0.05, 0.1) is 16.9 Å². The summed E-state index contributed by atoms with van der Waals surface area (Å²) >= 11 is 1.54. The van der Waals surface area contributed by atoms with Gasteiger partial charge >= 0.3 is 5.97 Å². The predicted octanol–water partition coefficient (Wildman–Crippen LogP) is 5.96. The first-order valence-corrected chi connectivity index (χ1v) is 10.4. The molecule has 150 valence electrons. The molecule has 0 spiro atoms. The highest BCUT2D eigenvalue weighted by Crippen LogP contribution is 2.33. The molecule has 0 amide bonds. The van der Waals surface area contributed by atoms with Crippen LogP contribution < -0.4 is 9.54 Å². The minimum absolute atomic E-state index is 0.246. The van der Waals surface area contributed by atoms with Gasteiger partial charge in [-0.25, -0.2) is 9.79 Å². The Morgan fingerprint density at radius 3 is 2.40 bits per heavy atom. The number of nitrogens with zero attached hydrogens (tertiary/aromatic N) is 2. The van der Waals surface area contributed by atoms with E-state index in [9.17, 15) is 4.79 Å². The van der Waals surface area contributed by atoms with Crippen LogP contribution in [0.2, 0.25) is 0 Å². The van der Waals surface area contributed by atoms with Crippen LogP contribution in [0.1, 0.15) is 17.3 Å². The third kappa shape index (κ3) is 4.18. The Morgan fingerprint density at radius 2 is 1.70 bits per heavy atom. The number of benzene rings is 3. The lowest BCUT2D eigenvalue weighted by atomic mass is 10.1. The number of carboxylic acids is 1. The zero-order valence-electron chi connectivity index (χ0n) is 16.4. The van der Waals surface area contributed by atoms with Crippen LogP contribution in [0, 0.1) is 0 Å². The number of thiazole rings is 1. The summed E-state index contributed by atoms with van der Waals surface area (Å²) in [6.07, 6.45) is 0. The Morgan fingerprint density at radius 1 is 1.00 bits per heavy atom. The second-order valence-electron chi connectivity index (χ2n) is 6.52. The molecule has 0 saturated heterocycles. The van der Waals surface area contributed by atoms with E-state index >= 15 is 0 Å². The SMILES string of the molecule is CCn1c(-c2ccccc2Oc2ccccc2)csc1=Nc1ccc(C(=O)O)cc1. The van der Waals surface area contributed by atoms with Gasteiger partial charge in [0.25, 0.3) is 0 Å². The summed E-state index contributed by atoms with van der Waals surface area (Å²) in [6.45, 7) is 2.81. The van der Waals surface area contributed by atoms with Crippen molar-refractivity contribution in [3.05, 3.63) is 94.6 Å². The molecule has 0 aliphatic rings. The smallest absolute Gasteiger partial charge is 0.335 e. The first-order valence-electron chi connectivity index (χ1n) is 9.54. The fourth-order valence-corrected chi connectivity index (χ4v) is 4.10. The molecule has 1 aromatic heterocycles. The van der Waals surface area contributed by atoms with Gasteiger partial charge in [0, 0.05) is 17.5 Å². The van der Waals surface area contributed by atoms with E-state index in [4.69, 9.17) is 14.8 Å². The molecule has 0 atom stereocenters. The van der Waals surface area contributed by atoms with Gasteiger partial charge in [0.15, 0.2) is 4.80 Å². The van der Waals surface area contributed by atoms with Gasteiger partial charge in [-0.3, -0.25) is 0 Å². The highest BCUT2D eigenvalue weighted by atomic mass is 32.1. The molecule has 1 N–H and O–H groups in total. The Hall–Kier alpha value is -3.64. The van der Waals surface area contributed by atoms with E-state index in [0.717, 1.165) is 34.1 Å². The monoisotopic (exact) mass is 416 g/mol. The number of hydrogen-bond acceptors (Lipinski definition) is 4. The van der Waals surface area contributed by atoms with Crippen LogP contribution in [0.5, 0.6) is 11.5 Å². The third-order valence-electron chi connectivity index (χ3n) is 4.59. The van der Waals surface area contributed by atoms with Crippen LogP contribution in [-0.2, 0) is 6.54 Å². The average molecular weight is 417 g/mol. The molecular weight excluding hydrogens is 396 g/mol.